The normalized spacial score (nSPS) is 11.3. The molecule has 0 saturated carbocycles. The van der Waals surface area contributed by atoms with Gasteiger partial charge in [0, 0.05) is 31.3 Å². The minimum Gasteiger partial charge on any atom is -0.403 e. The Balaban J connectivity index is 3.20. The van der Waals surface area contributed by atoms with Gasteiger partial charge in [0.25, 0.3) is 0 Å². The van der Waals surface area contributed by atoms with Crippen LogP contribution in [0.2, 0.25) is 5.02 Å². The molecule has 0 heterocycles. The molecule has 0 aliphatic rings. The molecule has 0 aliphatic carbocycles. The number of amides is 1. The van der Waals surface area contributed by atoms with Gasteiger partial charge >= 0.3 is 11.8 Å². The zero-order chi connectivity index (χ0) is 18.7. The van der Waals surface area contributed by atoms with Crippen LogP contribution in [0.15, 0.2) is 12.1 Å². The lowest BCUT2D eigenvalue weighted by Crippen LogP contribution is -2.42. The van der Waals surface area contributed by atoms with Crippen LogP contribution in [0.1, 0.15) is 34.6 Å². The van der Waals surface area contributed by atoms with Crippen LogP contribution in [0.4, 0.5) is 16.2 Å². The minimum absolute atomic E-state index is 0.142. The molecule has 0 spiro atoms. The van der Waals surface area contributed by atoms with E-state index in [1.165, 1.54) is 12.1 Å². The van der Waals surface area contributed by atoms with E-state index in [2.05, 4.69) is 5.32 Å². The summed E-state index contributed by atoms with van der Waals surface area (Å²) in [6.45, 7) is 10.1. The van der Waals surface area contributed by atoms with E-state index in [0.717, 1.165) is 0 Å². The summed E-state index contributed by atoms with van der Waals surface area (Å²) < 4.78 is 5.16. The molecule has 1 amide bonds. The molecule has 0 bridgehead atoms. The standard InChI is InChI=1S/C16H24ClN3O4/c1-10(2)9-19(6)12-8-14(13(20(22)23)7-11(12)17)24-15(21)18-16(3,4)5/h7-8,10H,9H2,1-6H3,(H,18,21). The molecule has 134 valence electrons. The van der Waals surface area contributed by atoms with E-state index in [1.54, 1.807) is 20.8 Å². The number of carbonyl (C=O) groups excluding carboxylic acids is 1. The summed E-state index contributed by atoms with van der Waals surface area (Å²) in [5, 5.41) is 14.1. The molecule has 0 aliphatic heterocycles. The number of hydrogen-bond donors (Lipinski definition) is 1. The van der Waals surface area contributed by atoms with Crippen molar-refractivity contribution in [3.63, 3.8) is 0 Å². The van der Waals surface area contributed by atoms with Crippen LogP contribution in [-0.2, 0) is 0 Å². The number of anilines is 1. The van der Waals surface area contributed by atoms with Crippen molar-refractivity contribution >= 4 is 29.1 Å². The number of nitrogens with one attached hydrogen (secondary N) is 1. The molecule has 8 heteroatoms. The van der Waals surface area contributed by atoms with Gasteiger partial charge in [-0.3, -0.25) is 10.1 Å². The van der Waals surface area contributed by atoms with Crippen molar-refractivity contribution in [2.75, 3.05) is 18.5 Å². The molecular weight excluding hydrogens is 334 g/mol. The van der Waals surface area contributed by atoms with Gasteiger partial charge in [-0.05, 0) is 26.7 Å². The highest BCUT2D eigenvalue weighted by Crippen LogP contribution is 2.37. The third kappa shape index (κ3) is 5.88. The van der Waals surface area contributed by atoms with Gasteiger partial charge in [0.2, 0.25) is 5.75 Å². The van der Waals surface area contributed by atoms with Gasteiger partial charge in [-0.25, -0.2) is 4.79 Å². The third-order valence-electron chi connectivity index (χ3n) is 2.96. The topological polar surface area (TPSA) is 84.7 Å². The van der Waals surface area contributed by atoms with E-state index >= 15 is 0 Å². The van der Waals surface area contributed by atoms with Crippen LogP contribution >= 0.6 is 11.6 Å². The first kappa shape index (κ1) is 20.0. The molecule has 1 rings (SSSR count). The fourth-order valence-corrected chi connectivity index (χ4v) is 2.43. The zero-order valence-electron chi connectivity index (χ0n) is 14.8. The van der Waals surface area contributed by atoms with Crippen LogP contribution in [-0.4, -0.2) is 30.1 Å². The van der Waals surface area contributed by atoms with Crippen molar-refractivity contribution in [3.8, 4) is 5.75 Å². The second-order valence-corrected chi connectivity index (χ2v) is 7.47. The van der Waals surface area contributed by atoms with Crippen molar-refractivity contribution in [1.82, 2.24) is 5.32 Å². The van der Waals surface area contributed by atoms with Gasteiger partial charge in [0.1, 0.15) is 0 Å². The maximum atomic E-state index is 11.9. The second kappa shape index (κ2) is 7.70. The lowest BCUT2D eigenvalue weighted by atomic mass is 10.1. The maximum absolute atomic E-state index is 11.9. The Bertz CT molecular complexity index is 626. The molecule has 0 aromatic heterocycles. The van der Waals surface area contributed by atoms with Gasteiger partial charge < -0.3 is 15.0 Å². The summed E-state index contributed by atoms with van der Waals surface area (Å²) in [4.78, 5) is 24.4. The predicted molar refractivity (Wildman–Crippen MR) is 95.1 cm³/mol. The molecule has 1 aromatic carbocycles. The molecule has 0 radical (unpaired) electrons. The molecule has 0 atom stereocenters. The summed E-state index contributed by atoms with van der Waals surface area (Å²) in [6.07, 6.45) is -0.759. The lowest BCUT2D eigenvalue weighted by Gasteiger charge is -2.23. The second-order valence-electron chi connectivity index (χ2n) is 7.07. The number of hydrogen-bond acceptors (Lipinski definition) is 5. The number of nitrogens with zero attached hydrogens (tertiary/aromatic N) is 2. The Morgan fingerprint density at radius 3 is 2.46 bits per heavy atom. The van der Waals surface area contributed by atoms with E-state index in [-0.39, 0.29) is 16.5 Å². The molecule has 0 unspecified atom stereocenters. The van der Waals surface area contributed by atoms with Gasteiger partial charge in [0.05, 0.1) is 15.6 Å². The molecular formula is C16H24ClN3O4. The van der Waals surface area contributed by atoms with Gasteiger partial charge in [-0.1, -0.05) is 25.4 Å². The Kier molecular flexibility index (Phi) is 6.42. The Hall–Kier alpha value is -2.02. The SMILES string of the molecule is CC(C)CN(C)c1cc(OC(=O)NC(C)(C)C)c([N+](=O)[O-])cc1Cl. The number of benzene rings is 1. The van der Waals surface area contributed by atoms with E-state index < -0.39 is 16.6 Å². The van der Waals surface area contributed by atoms with Crippen molar-refractivity contribution in [2.24, 2.45) is 5.92 Å². The molecule has 24 heavy (non-hydrogen) atoms. The first-order chi connectivity index (χ1) is 10.9. The summed E-state index contributed by atoms with van der Waals surface area (Å²) in [7, 11) is 1.83. The smallest absolute Gasteiger partial charge is 0.403 e. The first-order valence-corrected chi connectivity index (χ1v) is 7.97. The fourth-order valence-electron chi connectivity index (χ4n) is 2.13. The lowest BCUT2D eigenvalue weighted by molar-refractivity contribution is -0.385. The Morgan fingerprint density at radius 1 is 1.42 bits per heavy atom. The van der Waals surface area contributed by atoms with Crippen LogP contribution in [0.3, 0.4) is 0 Å². The average Bonchev–Trinajstić information content (AvgIpc) is 2.36. The Labute approximate surface area is 147 Å². The van der Waals surface area contributed by atoms with Crippen molar-refractivity contribution in [1.29, 1.82) is 0 Å². The highest BCUT2D eigenvalue weighted by Gasteiger charge is 2.24. The third-order valence-corrected chi connectivity index (χ3v) is 3.26. The van der Waals surface area contributed by atoms with Crippen LogP contribution < -0.4 is 15.0 Å². The maximum Gasteiger partial charge on any atom is 0.413 e. The number of halogens is 1. The van der Waals surface area contributed by atoms with E-state index in [9.17, 15) is 14.9 Å². The average molecular weight is 358 g/mol. The van der Waals surface area contributed by atoms with Gasteiger partial charge in [0.15, 0.2) is 0 Å². The first-order valence-electron chi connectivity index (χ1n) is 7.59. The molecule has 0 fully saturated rings. The molecule has 0 saturated heterocycles. The number of nitro benzene ring substituents is 1. The van der Waals surface area contributed by atoms with Gasteiger partial charge in [-0.15, -0.1) is 0 Å². The fraction of sp³-hybridized carbons (Fsp3) is 0.562. The van der Waals surface area contributed by atoms with E-state index in [1.807, 2.05) is 25.8 Å². The summed E-state index contributed by atoms with van der Waals surface area (Å²) in [5.41, 5.74) is -0.310. The van der Waals surface area contributed by atoms with Crippen molar-refractivity contribution in [3.05, 3.63) is 27.3 Å². The summed E-state index contributed by atoms with van der Waals surface area (Å²) >= 11 is 6.16. The van der Waals surface area contributed by atoms with Crippen LogP contribution in [0, 0.1) is 16.0 Å². The largest absolute Gasteiger partial charge is 0.413 e. The van der Waals surface area contributed by atoms with Crippen LogP contribution in [0.5, 0.6) is 5.75 Å². The van der Waals surface area contributed by atoms with Crippen molar-refractivity contribution < 1.29 is 14.5 Å². The Morgan fingerprint density at radius 2 is 2.00 bits per heavy atom. The number of rotatable bonds is 5. The zero-order valence-corrected chi connectivity index (χ0v) is 15.6. The molecule has 1 N–H and O–H groups in total. The minimum atomic E-state index is -0.759. The monoisotopic (exact) mass is 357 g/mol. The number of ether oxygens (including phenoxy) is 1. The van der Waals surface area contributed by atoms with Crippen LogP contribution in [0.25, 0.3) is 0 Å². The predicted octanol–water partition coefficient (Wildman–Crippen LogP) is 4.23. The molecule has 7 nitrogen and oxygen atoms in total. The number of nitro groups is 1. The number of carbonyl (C=O) groups is 1. The summed E-state index contributed by atoms with van der Waals surface area (Å²) in [6, 6.07) is 2.62. The van der Waals surface area contributed by atoms with E-state index in [0.29, 0.717) is 18.2 Å². The quantitative estimate of drug-likeness (QED) is 0.629. The highest BCUT2D eigenvalue weighted by molar-refractivity contribution is 6.33. The van der Waals surface area contributed by atoms with Gasteiger partial charge in [-0.2, -0.15) is 0 Å². The highest BCUT2D eigenvalue weighted by atomic mass is 35.5. The summed E-state index contributed by atoms with van der Waals surface area (Å²) in [5.74, 6) is 0.228. The van der Waals surface area contributed by atoms with E-state index in [4.69, 9.17) is 16.3 Å². The van der Waals surface area contributed by atoms with Crippen molar-refractivity contribution in [2.45, 2.75) is 40.2 Å². The molecule has 1 aromatic rings.